The average Bonchev–Trinajstić information content (AvgIpc) is 3.35. The van der Waals surface area contributed by atoms with Gasteiger partial charge in [0.2, 0.25) is 0 Å². The van der Waals surface area contributed by atoms with Crippen LogP contribution in [0.2, 0.25) is 0 Å². The summed E-state index contributed by atoms with van der Waals surface area (Å²) in [5.41, 5.74) is 4.97. The Morgan fingerprint density at radius 2 is 1.94 bits per heavy atom. The number of alkyl halides is 4. The van der Waals surface area contributed by atoms with Crippen LogP contribution in [0, 0.1) is 0 Å². The lowest BCUT2D eigenvalue weighted by molar-refractivity contribution is -0.155. The molecule has 36 heavy (non-hydrogen) atoms. The monoisotopic (exact) mass is 503 g/mol. The van der Waals surface area contributed by atoms with Gasteiger partial charge in [0.25, 0.3) is 0 Å². The number of fused-ring (bicyclic) bond motifs is 1. The molecule has 2 atom stereocenters. The van der Waals surface area contributed by atoms with Crippen molar-refractivity contribution in [2.24, 2.45) is 0 Å². The summed E-state index contributed by atoms with van der Waals surface area (Å²) >= 11 is 0. The molecular weight excluding hydrogens is 474 g/mol. The van der Waals surface area contributed by atoms with Gasteiger partial charge in [-0.3, -0.25) is 19.2 Å². The highest BCUT2D eigenvalue weighted by Crippen LogP contribution is 2.40. The number of nitrogens with zero attached hydrogens (tertiary/aromatic N) is 4. The molecule has 0 saturated carbocycles. The Hall–Kier alpha value is -2.98. The van der Waals surface area contributed by atoms with Gasteiger partial charge in [-0.2, -0.15) is 13.2 Å². The number of halogens is 4. The molecule has 0 radical (unpaired) electrons. The number of nitrogens with one attached hydrogen (secondary N) is 1. The van der Waals surface area contributed by atoms with Crippen molar-refractivity contribution in [2.75, 3.05) is 38.2 Å². The van der Waals surface area contributed by atoms with E-state index in [0.717, 1.165) is 47.6 Å². The van der Waals surface area contributed by atoms with E-state index < -0.39 is 18.8 Å². The van der Waals surface area contributed by atoms with E-state index in [1.165, 1.54) is 4.90 Å². The van der Waals surface area contributed by atoms with Gasteiger partial charge in [-0.05, 0) is 48.6 Å². The molecule has 192 valence electrons. The van der Waals surface area contributed by atoms with Crippen LogP contribution in [0.15, 0.2) is 53.5 Å². The molecule has 5 rings (SSSR count). The maximum atomic E-state index is 13.6. The zero-order valence-corrected chi connectivity index (χ0v) is 20.0. The van der Waals surface area contributed by atoms with Crippen LogP contribution in [0.25, 0.3) is 11.1 Å². The predicted octanol–water partition coefficient (Wildman–Crippen LogP) is 5.09. The van der Waals surface area contributed by atoms with Gasteiger partial charge in [0, 0.05) is 31.2 Å². The fraction of sp³-hybridized carbons (Fsp3) is 0.462. The minimum atomic E-state index is -4.33. The molecule has 0 unspecified atom stereocenters. The van der Waals surface area contributed by atoms with Gasteiger partial charge in [0.15, 0.2) is 0 Å². The largest absolute Gasteiger partial charge is 0.401 e. The molecule has 2 aromatic heterocycles. The van der Waals surface area contributed by atoms with Gasteiger partial charge < -0.3 is 9.84 Å². The first kappa shape index (κ1) is 24.7. The van der Waals surface area contributed by atoms with E-state index >= 15 is 0 Å². The molecule has 2 aliphatic heterocycles. The number of anilines is 1. The van der Waals surface area contributed by atoms with Gasteiger partial charge in [0.05, 0.1) is 49.1 Å². The standard InChI is InChI=1S/C26H29F4N5O/c1-17-9-19-10-18(20-11-32-36-15-20)3-5-23(19)25(35(17)16-26(28,29)30)24-6-4-21(12-31-24)33-22-13-34(14-22)8-2-7-27/h3-6,10-12,15,17,22,25,33H,2,7-9,13-14,16H2,1H3/t17-,25-/m1/s1. The molecule has 1 saturated heterocycles. The lowest BCUT2D eigenvalue weighted by Gasteiger charge is -2.42. The Morgan fingerprint density at radius 3 is 2.61 bits per heavy atom. The first-order valence-electron chi connectivity index (χ1n) is 12.2. The third kappa shape index (κ3) is 5.39. The van der Waals surface area contributed by atoms with Crippen molar-refractivity contribution in [3.05, 3.63) is 65.8 Å². The highest BCUT2D eigenvalue weighted by molar-refractivity contribution is 5.64. The normalized spacial score (nSPS) is 21.2. The van der Waals surface area contributed by atoms with E-state index in [4.69, 9.17) is 4.52 Å². The Morgan fingerprint density at radius 1 is 1.11 bits per heavy atom. The van der Waals surface area contributed by atoms with E-state index in [1.54, 1.807) is 18.7 Å². The van der Waals surface area contributed by atoms with E-state index in [0.29, 0.717) is 18.5 Å². The molecular formula is C26H29F4N5O. The molecule has 1 N–H and O–H groups in total. The average molecular weight is 504 g/mol. The molecule has 1 fully saturated rings. The summed E-state index contributed by atoms with van der Waals surface area (Å²) in [6.07, 6.45) is 1.58. The van der Waals surface area contributed by atoms with E-state index in [1.807, 2.05) is 37.3 Å². The number of pyridine rings is 1. The van der Waals surface area contributed by atoms with Crippen molar-refractivity contribution in [2.45, 2.75) is 44.1 Å². The van der Waals surface area contributed by atoms with Crippen LogP contribution >= 0.6 is 0 Å². The number of benzene rings is 1. The number of likely N-dealkylation sites (tertiary alicyclic amines) is 1. The Kier molecular flexibility index (Phi) is 6.98. The molecule has 2 aliphatic rings. The lowest BCUT2D eigenvalue weighted by atomic mass is 9.85. The van der Waals surface area contributed by atoms with Gasteiger partial charge in [-0.25, -0.2) is 0 Å². The van der Waals surface area contributed by atoms with Crippen LogP contribution in [-0.4, -0.2) is 71.1 Å². The lowest BCUT2D eigenvalue weighted by Crippen LogP contribution is -2.54. The summed E-state index contributed by atoms with van der Waals surface area (Å²) in [6.45, 7) is 2.93. The van der Waals surface area contributed by atoms with Gasteiger partial charge in [0.1, 0.15) is 6.26 Å². The first-order valence-corrected chi connectivity index (χ1v) is 12.2. The number of hydrogen-bond acceptors (Lipinski definition) is 6. The van der Waals surface area contributed by atoms with Gasteiger partial charge in [-0.1, -0.05) is 23.4 Å². The maximum Gasteiger partial charge on any atom is 0.401 e. The second kappa shape index (κ2) is 10.2. The number of rotatable bonds is 8. The second-order valence-corrected chi connectivity index (χ2v) is 9.69. The van der Waals surface area contributed by atoms with Crippen LogP contribution in [-0.2, 0) is 6.42 Å². The SMILES string of the molecule is C[C@@H]1Cc2cc(-c3cnoc3)ccc2[C@H](c2ccc(NC3CN(CCCF)C3)cn2)N1CC(F)(F)F. The van der Waals surface area contributed by atoms with Crippen LogP contribution in [0.4, 0.5) is 23.2 Å². The number of hydrogen-bond donors (Lipinski definition) is 1. The van der Waals surface area contributed by atoms with Crippen molar-refractivity contribution in [1.82, 2.24) is 19.9 Å². The fourth-order valence-corrected chi connectivity index (χ4v) is 5.24. The summed E-state index contributed by atoms with van der Waals surface area (Å²) in [6, 6.07) is 8.80. The van der Waals surface area contributed by atoms with Crippen LogP contribution in [0.1, 0.15) is 36.2 Å². The second-order valence-electron chi connectivity index (χ2n) is 9.69. The minimum absolute atomic E-state index is 0.255. The van der Waals surface area contributed by atoms with Crippen LogP contribution < -0.4 is 5.32 Å². The van der Waals surface area contributed by atoms with E-state index in [-0.39, 0.29) is 18.8 Å². The quantitative estimate of drug-likeness (QED) is 0.432. The first-order chi connectivity index (χ1) is 17.3. The Bertz CT molecular complexity index is 1150. The molecule has 0 spiro atoms. The summed E-state index contributed by atoms with van der Waals surface area (Å²) in [5.74, 6) is 0. The van der Waals surface area contributed by atoms with E-state index in [2.05, 4.69) is 20.4 Å². The topological polar surface area (TPSA) is 57.4 Å². The van der Waals surface area contributed by atoms with Crippen molar-refractivity contribution in [3.63, 3.8) is 0 Å². The smallest absolute Gasteiger partial charge is 0.378 e. The summed E-state index contributed by atoms with van der Waals surface area (Å²) < 4.78 is 58.0. The summed E-state index contributed by atoms with van der Waals surface area (Å²) in [5, 5.41) is 7.16. The third-order valence-electron chi connectivity index (χ3n) is 6.98. The Labute approximate surface area is 207 Å². The fourth-order valence-electron chi connectivity index (χ4n) is 5.24. The molecule has 6 nitrogen and oxygen atoms in total. The molecule has 0 bridgehead atoms. The van der Waals surface area contributed by atoms with Crippen LogP contribution in [0.5, 0.6) is 0 Å². The molecule has 0 aliphatic carbocycles. The van der Waals surface area contributed by atoms with Crippen molar-refractivity contribution in [3.8, 4) is 11.1 Å². The zero-order valence-electron chi connectivity index (χ0n) is 20.0. The molecule has 0 amide bonds. The molecule has 1 aromatic carbocycles. The predicted molar refractivity (Wildman–Crippen MR) is 128 cm³/mol. The zero-order chi connectivity index (χ0) is 25.3. The summed E-state index contributed by atoms with van der Waals surface area (Å²) in [7, 11) is 0. The van der Waals surface area contributed by atoms with Crippen molar-refractivity contribution in [1.29, 1.82) is 0 Å². The van der Waals surface area contributed by atoms with Gasteiger partial charge >= 0.3 is 6.18 Å². The van der Waals surface area contributed by atoms with Crippen molar-refractivity contribution >= 4 is 5.69 Å². The van der Waals surface area contributed by atoms with Gasteiger partial charge in [-0.15, -0.1) is 0 Å². The highest BCUT2D eigenvalue weighted by Gasteiger charge is 2.41. The maximum absolute atomic E-state index is 13.6. The van der Waals surface area contributed by atoms with Crippen LogP contribution in [0.3, 0.4) is 0 Å². The highest BCUT2D eigenvalue weighted by atomic mass is 19.4. The molecule has 4 heterocycles. The Balaban J connectivity index is 1.39. The van der Waals surface area contributed by atoms with E-state index in [9.17, 15) is 17.6 Å². The third-order valence-corrected chi connectivity index (χ3v) is 6.98. The van der Waals surface area contributed by atoms with Crippen molar-refractivity contribution < 1.29 is 22.1 Å². The minimum Gasteiger partial charge on any atom is -0.378 e. The molecule has 10 heteroatoms. The molecule has 3 aromatic rings. The summed E-state index contributed by atoms with van der Waals surface area (Å²) in [4.78, 5) is 8.28. The number of aromatic nitrogens is 2.